The zero-order valence-electron chi connectivity index (χ0n) is 10.7. The molecule has 0 aromatic carbocycles. The minimum Gasteiger partial charge on any atom is -0.477 e. The van der Waals surface area contributed by atoms with Crippen LogP contribution in [0.25, 0.3) is 5.82 Å². The summed E-state index contributed by atoms with van der Waals surface area (Å²) in [7, 11) is 0. The van der Waals surface area contributed by atoms with Crippen molar-refractivity contribution in [2.24, 2.45) is 0 Å². The molecular formula is C11H13N5O2S. The Bertz CT molecular complexity index is 633. The topological polar surface area (TPSA) is 107 Å². The molecule has 2 aromatic heterocycles. The number of hydrogen-bond donors (Lipinski definition) is 2. The Hall–Kier alpha value is -2.09. The van der Waals surface area contributed by atoms with Crippen LogP contribution in [0.5, 0.6) is 0 Å². The summed E-state index contributed by atoms with van der Waals surface area (Å²) < 4.78 is 1.33. The van der Waals surface area contributed by atoms with Gasteiger partial charge < -0.3 is 10.8 Å². The molecule has 0 atom stereocenters. The van der Waals surface area contributed by atoms with E-state index in [1.165, 1.54) is 16.4 Å². The van der Waals surface area contributed by atoms with Crippen LogP contribution in [0.15, 0.2) is 11.1 Å². The molecule has 8 heteroatoms. The van der Waals surface area contributed by atoms with Gasteiger partial charge in [0, 0.05) is 11.8 Å². The van der Waals surface area contributed by atoms with Crippen LogP contribution < -0.4 is 5.73 Å². The van der Waals surface area contributed by atoms with Gasteiger partial charge in [-0.05, 0) is 20.1 Å². The highest BCUT2D eigenvalue weighted by molar-refractivity contribution is 7.98. The predicted molar refractivity (Wildman–Crippen MR) is 71.8 cm³/mol. The number of nitrogens with zero attached hydrogens (tertiary/aromatic N) is 4. The van der Waals surface area contributed by atoms with E-state index in [9.17, 15) is 4.79 Å². The molecule has 0 spiro atoms. The normalized spacial score (nSPS) is 10.7. The summed E-state index contributed by atoms with van der Waals surface area (Å²) in [6, 6.07) is 1.70. The van der Waals surface area contributed by atoms with Crippen molar-refractivity contribution in [1.29, 1.82) is 0 Å². The van der Waals surface area contributed by atoms with Crippen LogP contribution in [0.4, 0.5) is 5.82 Å². The molecule has 0 aliphatic heterocycles. The van der Waals surface area contributed by atoms with E-state index in [1.54, 1.807) is 19.2 Å². The van der Waals surface area contributed by atoms with E-state index >= 15 is 0 Å². The quantitative estimate of drug-likeness (QED) is 0.815. The predicted octanol–water partition coefficient (Wildman–Crippen LogP) is 1.28. The maximum Gasteiger partial charge on any atom is 0.342 e. The molecule has 0 aliphatic rings. The number of thioether (sulfide) groups is 1. The minimum atomic E-state index is -1.10. The second kappa shape index (κ2) is 4.88. The summed E-state index contributed by atoms with van der Waals surface area (Å²) >= 11 is 1.23. The summed E-state index contributed by atoms with van der Waals surface area (Å²) in [5.41, 5.74) is 6.62. The fraction of sp³-hybridized carbons (Fsp3) is 0.273. The molecule has 2 rings (SSSR count). The van der Waals surface area contributed by atoms with E-state index in [1.807, 2.05) is 6.92 Å². The number of hydrogen-bond acceptors (Lipinski definition) is 6. The molecule has 0 unspecified atom stereocenters. The van der Waals surface area contributed by atoms with Gasteiger partial charge in [0.05, 0.1) is 0 Å². The minimum absolute atomic E-state index is 0.00131. The SMILES string of the molecule is CSc1nn(-c2cc(C)nc(C)n2)c(N)c1C(=O)O. The monoisotopic (exact) mass is 279 g/mol. The molecule has 3 N–H and O–H groups in total. The number of carbonyl (C=O) groups is 1. The number of anilines is 1. The first-order chi connectivity index (χ1) is 8.93. The Kier molecular flexibility index (Phi) is 3.43. The van der Waals surface area contributed by atoms with Gasteiger partial charge in [-0.2, -0.15) is 9.78 Å². The highest BCUT2D eigenvalue weighted by Crippen LogP contribution is 2.26. The van der Waals surface area contributed by atoms with Crippen LogP contribution in [0, 0.1) is 13.8 Å². The molecule has 0 saturated carbocycles. The van der Waals surface area contributed by atoms with Gasteiger partial charge in [-0.3, -0.25) is 0 Å². The standard InChI is InChI=1S/C11H13N5O2S/c1-5-4-7(14-6(2)13-5)16-9(12)8(11(17)18)10(15-16)19-3/h4H,12H2,1-3H3,(H,17,18). The van der Waals surface area contributed by atoms with Crippen molar-refractivity contribution in [1.82, 2.24) is 19.7 Å². The number of aromatic carboxylic acids is 1. The van der Waals surface area contributed by atoms with E-state index in [0.29, 0.717) is 16.7 Å². The number of carboxylic acid groups (broad SMARTS) is 1. The number of aromatic nitrogens is 4. The molecule has 0 aliphatic carbocycles. The van der Waals surface area contributed by atoms with Crippen molar-refractivity contribution in [3.05, 3.63) is 23.1 Å². The van der Waals surface area contributed by atoms with Crippen molar-refractivity contribution < 1.29 is 9.90 Å². The van der Waals surface area contributed by atoms with E-state index in [0.717, 1.165) is 5.69 Å². The second-order valence-corrected chi connectivity index (χ2v) is 4.70. The van der Waals surface area contributed by atoms with Gasteiger partial charge in [-0.1, -0.05) is 0 Å². The van der Waals surface area contributed by atoms with Crippen molar-refractivity contribution in [3.63, 3.8) is 0 Å². The molecule has 0 bridgehead atoms. The molecule has 2 aromatic rings. The molecule has 0 amide bonds. The smallest absolute Gasteiger partial charge is 0.342 e. The Morgan fingerprint density at radius 1 is 1.42 bits per heavy atom. The van der Waals surface area contributed by atoms with Gasteiger partial charge in [0.2, 0.25) is 0 Å². The maximum atomic E-state index is 11.2. The van der Waals surface area contributed by atoms with Crippen molar-refractivity contribution >= 4 is 23.5 Å². The second-order valence-electron chi connectivity index (χ2n) is 3.90. The molecule has 19 heavy (non-hydrogen) atoms. The number of carboxylic acids is 1. The zero-order valence-corrected chi connectivity index (χ0v) is 11.5. The van der Waals surface area contributed by atoms with Crippen LogP contribution >= 0.6 is 11.8 Å². The van der Waals surface area contributed by atoms with Gasteiger partial charge in [-0.15, -0.1) is 11.8 Å². The first-order valence-corrected chi connectivity index (χ1v) is 6.65. The zero-order chi connectivity index (χ0) is 14.2. The highest BCUT2D eigenvalue weighted by Gasteiger charge is 2.22. The summed E-state index contributed by atoms with van der Waals surface area (Å²) in [5, 5.41) is 13.7. The third-order valence-corrected chi connectivity index (χ3v) is 3.14. The van der Waals surface area contributed by atoms with Crippen LogP contribution in [0.3, 0.4) is 0 Å². The summed E-state index contributed by atoms with van der Waals surface area (Å²) in [6.45, 7) is 3.58. The number of nitrogen functional groups attached to an aromatic ring is 1. The molecule has 0 saturated heterocycles. The molecule has 0 radical (unpaired) electrons. The van der Waals surface area contributed by atoms with E-state index < -0.39 is 5.97 Å². The Morgan fingerprint density at radius 3 is 2.58 bits per heavy atom. The molecule has 2 heterocycles. The molecule has 0 fully saturated rings. The first kappa shape index (κ1) is 13.3. The van der Waals surface area contributed by atoms with Gasteiger partial charge in [0.25, 0.3) is 0 Å². The lowest BCUT2D eigenvalue weighted by atomic mass is 10.3. The van der Waals surface area contributed by atoms with Crippen LogP contribution in [0.1, 0.15) is 21.9 Å². The molecule has 100 valence electrons. The van der Waals surface area contributed by atoms with E-state index in [2.05, 4.69) is 15.1 Å². The van der Waals surface area contributed by atoms with Crippen LogP contribution in [-0.4, -0.2) is 37.1 Å². The maximum absolute atomic E-state index is 11.2. The van der Waals surface area contributed by atoms with Gasteiger partial charge >= 0.3 is 5.97 Å². The Balaban J connectivity index is 2.66. The highest BCUT2D eigenvalue weighted by atomic mass is 32.2. The lowest BCUT2D eigenvalue weighted by molar-refractivity contribution is 0.0694. The average Bonchev–Trinajstić information content (AvgIpc) is 2.64. The fourth-order valence-electron chi connectivity index (χ4n) is 1.73. The van der Waals surface area contributed by atoms with Gasteiger partial charge in [0.1, 0.15) is 22.2 Å². The van der Waals surface area contributed by atoms with Crippen molar-refractivity contribution in [2.45, 2.75) is 18.9 Å². The van der Waals surface area contributed by atoms with Crippen LogP contribution in [-0.2, 0) is 0 Å². The van der Waals surface area contributed by atoms with E-state index in [-0.39, 0.29) is 11.4 Å². The largest absolute Gasteiger partial charge is 0.477 e. The molecular weight excluding hydrogens is 266 g/mol. The summed E-state index contributed by atoms with van der Waals surface area (Å²) in [6.07, 6.45) is 1.75. The fourth-order valence-corrected chi connectivity index (χ4v) is 2.29. The third-order valence-electron chi connectivity index (χ3n) is 2.47. The van der Waals surface area contributed by atoms with E-state index in [4.69, 9.17) is 10.8 Å². The lowest BCUT2D eigenvalue weighted by Crippen LogP contribution is -2.08. The average molecular weight is 279 g/mol. The van der Waals surface area contributed by atoms with Crippen LogP contribution in [0.2, 0.25) is 0 Å². The van der Waals surface area contributed by atoms with Crippen molar-refractivity contribution in [3.8, 4) is 5.82 Å². The number of nitrogens with two attached hydrogens (primary N) is 1. The first-order valence-electron chi connectivity index (χ1n) is 5.42. The lowest BCUT2D eigenvalue weighted by Gasteiger charge is -2.05. The number of rotatable bonds is 3. The van der Waals surface area contributed by atoms with Crippen molar-refractivity contribution in [2.75, 3.05) is 12.0 Å². The third kappa shape index (κ3) is 2.39. The summed E-state index contributed by atoms with van der Waals surface area (Å²) in [4.78, 5) is 19.6. The molecule has 7 nitrogen and oxygen atoms in total. The van der Waals surface area contributed by atoms with Gasteiger partial charge in [0.15, 0.2) is 5.82 Å². The number of aryl methyl sites for hydroxylation is 2. The summed E-state index contributed by atoms with van der Waals surface area (Å²) in [5.74, 6) is 0.00252. The van der Waals surface area contributed by atoms with Gasteiger partial charge in [-0.25, -0.2) is 14.8 Å². The Labute approximate surface area is 113 Å². The Morgan fingerprint density at radius 2 is 2.11 bits per heavy atom.